The van der Waals surface area contributed by atoms with Crippen LogP contribution in [0.4, 0.5) is 0 Å². The number of ether oxygens (including phenoxy) is 3. The summed E-state index contributed by atoms with van der Waals surface area (Å²) < 4.78 is 19.4. The van der Waals surface area contributed by atoms with Crippen LogP contribution in [0.15, 0.2) is 0 Å². The Labute approximate surface area is 164 Å². The Morgan fingerprint density at radius 1 is 0.778 bits per heavy atom. The van der Waals surface area contributed by atoms with E-state index in [1.165, 1.54) is 44.9 Å². The van der Waals surface area contributed by atoms with Crippen molar-refractivity contribution in [3.8, 4) is 0 Å². The van der Waals surface area contributed by atoms with Gasteiger partial charge in [0.15, 0.2) is 5.79 Å². The van der Waals surface area contributed by atoms with Crippen molar-refractivity contribution in [3.05, 3.63) is 0 Å². The van der Waals surface area contributed by atoms with E-state index in [-0.39, 0.29) is 22.2 Å². The molecule has 0 aromatic rings. The predicted octanol–water partition coefficient (Wildman–Crippen LogP) is 5.32. The van der Waals surface area contributed by atoms with Crippen molar-refractivity contribution in [3.63, 3.8) is 0 Å². The molecule has 3 nitrogen and oxygen atoms in total. The van der Waals surface area contributed by atoms with Crippen LogP contribution in [0.25, 0.3) is 0 Å². The maximum Gasteiger partial charge on any atom is 0.174 e. The van der Waals surface area contributed by atoms with Gasteiger partial charge in [-0.25, -0.2) is 0 Å². The van der Waals surface area contributed by atoms with Gasteiger partial charge in [0, 0.05) is 17.3 Å². The molecule has 0 unspecified atom stereocenters. The van der Waals surface area contributed by atoms with E-state index in [9.17, 15) is 0 Å². The van der Waals surface area contributed by atoms with E-state index in [0.29, 0.717) is 16.9 Å². The highest BCUT2D eigenvalue weighted by Gasteiger charge is 2.82. The first-order valence-corrected chi connectivity index (χ1v) is 11.6. The van der Waals surface area contributed by atoms with E-state index in [0.717, 1.165) is 31.5 Å². The molecule has 0 aromatic heterocycles. The van der Waals surface area contributed by atoms with Crippen LogP contribution in [0.3, 0.4) is 0 Å². The van der Waals surface area contributed by atoms with Gasteiger partial charge in [0.25, 0.3) is 0 Å². The number of rotatable bonds is 0. The molecule has 2 spiro atoms. The third-order valence-corrected chi connectivity index (χ3v) is 11.8. The molecule has 4 saturated carbocycles. The van der Waals surface area contributed by atoms with E-state index in [2.05, 4.69) is 34.6 Å². The van der Waals surface area contributed by atoms with Crippen molar-refractivity contribution in [2.24, 2.45) is 33.5 Å². The van der Waals surface area contributed by atoms with E-state index in [4.69, 9.17) is 14.2 Å². The Hall–Kier alpha value is -0.120. The molecule has 0 bridgehead atoms. The second-order valence-electron chi connectivity index (χ2n) is 12.1. The zero-order chi connectivity index (χ0) is 18.9. The molecule has 2 heterocycles. The summed E-state index contributed by atoms with van der Waals surface area (Å²) >= 11 is 0. The normalized spacial score (nSPS) is 63.2. The SMILES string of the molecule is C[C@H]1CC[C@]2(C)[C@@]3(C)CC[C@]4(C)C5(CC[C@@]4(C)[C@@H]3C[C@@H]3O[C@@]32C1)OCCO5. The molecule has 2 aliphatic heterocycles. The molecule has 0 N–H and O–H groups in total. The highest BCUT2D eigenvalue weighted by Crippen LogP contribution is 2.82. The Balaban J connectivity index is 1.45. The molecule has 27 heavy (non-hydrogen) atoms. The third kappa shape index (κ3) is 1.64. The van der Waals surface area contributed by atoms with Crippen LogP contribution < -0.4 is 0 Å². The molecule has 6 rings (SSSR count). The Bertz CT molecular complexity index is 685. The molecule has 6 aliphatic rings. The van der Waals surface area contributed by atoms with Crippen LogP contribution in [0.5, 0.6) is 0 Å². The van der Waals surface area contributed by atoms with Gasteiger partial charge in [-0.1, -0.05) is 34.6 Å². The maximum atomic E-state index is 6.68. The van der Waals surface area contributed by atoms with Gasteiger partial charge in [0.05, 0.1) is 19.3 Å². The zero-order valence-corrected chi connectivity index (χ0v) is 18.0. The molecule has 8 atom stereocenters. The van der Waals surface area contributed by atoms with E-state index < -0.39 is 0 Å². The zero-order valence-electron chi connectivity index (χ0n) is 18.0. The van der Waals surface area contributed by atoms with Gasteiger partial charge in [-0.3, -0.25) is 0 Å². The quantitative estimate of drug-likeness (QED) is 0.538. The lowest BCUT2D eigenvalue weighted by Gasteiger charge is -2.69. The van der Waals surface area contributed by atoms with Gasteiger partial charge < -0.3 is 14.2 Å². The molecular weight excluding hydrogens is 336 g/mol. The number of hydrogen-bond donors (Lipinski definition) is 0. The molecule has 4 aliphatic carbocycles. The van der Waals surface area contributed by atoms with E-state index >= 15 is 0 Å². The summed E-state index contributed by atoms with van der Waals surface area (Å²) in [7, 11) is 0. The van der Waals surface area contributed by atoms with Crippen LogP contribution in [0.1, 0.15) is 86.0 Å². The first-order valence-electron chi connectivity index (χ1n) is 11.6. The van der Waals surface area contributed by atoms with Crippen molar-refractivity contribution in [1.29, 1.82) is 0 Å². The number of hydrogen-bond acceptors (Lipinski definition) is 3. The third-order valence-electron chi connectivity index (χ3n) is 11.8. The van der Waals surface area contributed by atoms with Crippen LogP contribution in [-0.4, -0.2) is 30.7 Å². The minimum absolute atomic E-state index is 0.133. The van der Waals surface area contributed by atoms with Crippen molar-refractivity contribution < 1.29 is 14.2 Å². The maximum absolute atomic E-state index is 6.68. The minimum atomic E-state index is -0.315. The molecule has 0 amide bonds. The highest BCUT2D eigenvalue weighted by molar-refractivity contribution is 5.29. The largest absolute Gasteiger partial charge is 0.365 e. The van der Waals surface area contributed by atoms with Gasteiger partial charge in [-0.2, -0.15) is 0 Å². The van der Waals surface area contributed by atoms with Gasteiger partial charge in [0.2, 0.25) is 0 Å². The van der Waals surface area contributed by atoms with Gasteiger partial charge in [-0.05, 0) is 67.6 Å². The second kappa shape index (κ2) is 4.78. The minimum Gasteiger partial charge on any atom is -0.365 e. The van der Waals surface area contributed by atoms with Gasteiger partial charge in [0.1, 0.15) is 5.60 Å². The highest BCUT2D eigenvalue weighted by atomic mass is 16.7. The number of epoxide rings is 1. The van der Waals surface area contributed by atoms with Crippen LogP contribution in [0.2, 0.25) is 0 Å². The molecule has 2 saturated heterocycles. The standard InChI is InChI=1S/C24H38O3/c1-16-6-7-21(4)19(2)8-10-22(5)20(3,9-11-24(22)25-12-13-26-24)17(19)14-18-23(21,15-16)27-18/h16-18H,6-15H2,1-5H3/t16-,17+,18-,19-,20-,21+,22-,23-/m0/s1. The lowest BCUT2D eigenvalue weighted by atomic mass is 9.35. The first kappa shape index (κ1) is 17.7. The lowest BCUT2D eigenvalue weighted by Crippen LogP contribution is -2.67. The monoisotopic (exact) mass is 374 g/mol. The molecule has 0 aromatic carbocycles. The Morgan fingerprint density at radius 2 is 1.44 bits per heavy atom. The predicted molar refractivity (Wildman–Crippen MR) is 104 cm³/mol. The Morgan fingerprint density at radius 3 is 2.19 bits per heavy atom. The average Bonchev–Trinajstić information content (AvgIpc) is 3.01. The second-order valence-corrected chi connectivity index (χ2v) is 12.1. The Kier molecular flexibility index (Phi) is 3.14. The van der Waals surface area contributed by atoms with Crippen LogP contribution in [0, 0.1) is 33.5 Å². The topological polar surface area (TPSA) is 31.0 Å². The van der Waals surface area contributed by atoms with E-state index in [1.54, 1.807) is 0 Å². The van der Waals surface area contributed by atoms with Crippen LogP contribution in [-0.2, 0) is 14.2 Å². The summed E-state index contributed by atoms with van der Waals surface area (Å²) in [5.41, 5.74) is 1.31. The molecule has 6 fully saturated rings. The summed E-state index contributed by atoms with van der Waals surface area (Å²) in [5, 5.41) is 0. The van der Waals surface area contributed by atoms with E-state index in [1.807, 2.05) is 0 Å². The lowest BCUT2D eigenvalue weighted by molar-refractivity contribution is -0.280. The van der Waals surface area contributed by atoms with Gasteiger partial charge >= 0.3 is 0 Å². The summed E-state index contributed by atoms with van der Waals surface area (Å²) in [6, 6.07) is 0. The smallest absolute Gasteiger partial charge is 0.174 e. The molecule has 0 radical (unpaired) electrons. The molecular formula is C24H38O3. The number of fused-ring (bicyclic) bond motifs is 5. The summed E-state index contributed by atoms with van der Waals surface area (Å²) in [6.07, 6.45) is 10.7. The van der Waals surface area contributed by atoms with Gasteiger partial charge in [-0.15, -0.1) is 0 Å². The van der Waals surface area contributed by atoms with Crippen molar-refractivity contribution in [1.82, 2.24) is 0 Å². The van der Waals surface area contributed by atoms with Crippen molar-refractivity contribution >= 4 is 0 Å². The molecule has 3 heteroatoms. The summed E-state index contributed by atoms with van der Waals surface area (Å²) in [6.45, 7) is 14.4. The van der Waals surface area contributed by atoms with Crippen molar-refractivity contribution in [2.75, 3.05) is 13.2 Å². The fourth-order valence-electron chi connectivity index (χ4n) is 9.63. The fourth-order valence-corrected chi connectivity index (χ4v) is 9.63. The summed E-state index contributed by atoms with van der Waals surface area (Å²) in [4.78, 5) is 0. The summed E-state index contributed by atoms with van der Waals surface area (Å²) in [5.74, 6) is 1.22. The average molecular weight is 375 g/mol. The van der Waals surface area contributed by atoms with Crippen LogP contribution >= 0.6 is 0 Å². The fraction of sp³-hybridized carbons (Fsp3) is 1.00. The van der Waals surface area contributed by atoms with Crippen molar-refractivity contribution in [2.45, 2.75) is 103 Å². The first-order chi connectivity index (χ1) is 12.7. The molecule has 152 valence electrons.